The number of nitrogens with two attached hydrogens (primary N) is 3. The lowest BCUT2D eigenvalue weighted by Gasteiger charge is -2.19. The van der Waals surface area contributed by atoms with Crippen molar-refractivity contribution >= 4 is 5.91 Å². The minimum atomic E-state index is -0.192. The van der Waals surface area contributed by atoms with E-state index in [4.69, 9.17) is 17.2 Å². The lowest BCUT2D eigenvalue weighted by molar-refractivity contribution is -0.118. The summed E-state index contributed by atoms with van der Waals surface area (Å²) in [4.78, 5) is 10.6. The van der Waals surface area contributed by atoms with Crippen LogP contribution in [0.1, 0.15) is 96.8 Å². The molecule has 0 aromatic rings. The maximum atomic E-state index is 10.6. The molecule has 0 aliphatic heterocycles. The fourth-order valence-corrected chi connectivity index (χ4v) is 2.80. The Morgan fingerprint density at radius 3 is 1.59 bits per heavy atom. The predicted octanol–water partition coefficient (Wildman–Crippen LogP) is 3.61. The molecule has 4 nitrogen and oxygen atoms in total. The molecule has 0 aromatic carbocycles. The van der Waals surface area contributed by atoms with Crippen molar-refractivity contribution in [2.45, 2.75) is 109 Å². The summed E-state index contributed by atoms with van der Waals surface area (Å²) in [7, 11) is 0. The summed E-state index contributed by atoms with van der Waals surface area (Å²) in [6, 6.07) is 0.294. The van der Waals surface area contributed by atoms with Crippen molar-refractivity contribution in [3.8, 4) is 0 Å². The molecular weight excluding hydrogens is 274 g/mol. The van der Waals surface area contributed by atoms with Gasteiger partial charge < -0.3 is 17.2 Å². The standard InChI is InChI=1S/C18H39N3O/c1-2-3-4-5-7-10-13-16(19)17(20)14-11-8-6-9-12-15-18(21)22/h16-17H,2-15,19-20H2,1H3,(H2,21,22). The lowest BCUT2D eigenvalue weighted by atomic mass is 9.97. The summed E-state index contributed by atoms with van der Waals surface area (Å²) >= 11 is 0. The molecule has 0 saturated carbocycles. The van der Waals surface area contributed by atoms with Crippen LogP contribution in [-0.2, 0) is 4.79 Å². The molecule has 0 bridgehead atoms. The van der Waals surface area contributed by atoms with Gasteiger partial charge in [-0.25, -0.2) is 0 Å². The quantitative estimate of drug-likeness (QED) is 0.380. The second-order valence-corrected chi connectivity index (χ2v) is 6.66. The molecule has 0 fully saturated rings. The minimum Gasteiger partial charge on any atom is -0.370 e. The Bertz CT molecular complexity index is 259. The van der Waals surface area contributed by atoms with E-state index >= 15 is 0 Å². The van der Waals surface area contributed by atoms with E-state index in [-0.39, 0.29) is 18.0 Å². The van der Waals surface area contributed by atoms with E-state index in [0.29, 0.717) is 6.42 Å². The molecule has 1 amide bonds. The van der Waals surface area contributed by atoms with Crippen molar-refractivity contribution in [1.82, 2.24) is 0 Å². The van der Waals surface area contributed by atoms with Gasteiger partial charge >= 0.3 is 0 Å². The molecule has 0 aliphatic carbocycles. The average Bonchev–Trinajstić information content (AvgIpc) is 2.49. The normalized spacial score (nSPS) is 14.0. The molecule has 0 aromatic heterocycles. The molecule has 0 spiro atoms. The first kappa shape index (κ1) is 21.4. The van der Waals surface area contributed by atoms with E-state index < -0.39 is 0 Å². The second kappa shape index (κ2) is 15.3. The van der Waals surface area contributed by atoms with Gasteiger partial charge in [0, 0.05) is 18.5 Å². The van der Waals surface area contributed by atoms with Gasteiger partial charge in [-0.1, -0.05) is 71.1 Å². The Balaban J connectivity index is 3.38. The number of hydrogen-bond donors (Lipinski definition) is 3. The van der Waals surface area contributed by atoms with Crippen molar-refractivity contribution in [3.63, 3.8) is 0 Å². The van der Waals surface area contributed by atoms with E-state index in [1.54, 1.807) is 0 Å². The van der Waals surface area contributed by atoms with Gasteiger partial charge in [-0.3, -0.25) is 4.79 Å². The summed E-state index contributed by atoms with van der Waals surface area (Å²) in [5.74, 6) is -0.192. The Kier molecular flexibility index (Phi) is 14.9. The largest absolute Gasteiger partial charge is 0.370 e. The number of rotatable bonds is 16. The fourth-order valence-electron chi connectivity index (χ4n) is 2.80. The first-order chi connectivity index (χ1) is 10.6. The van der Waals surface area contributed by atoms with Crippen molar-refractivity contribution in [3.05, 3.63) is 0 Å². The zero-order chi connectivity index (χ0) is 16.6. The maximum absolute atomic E-state index is 10.6. The number of carbonyl (C=O) groups is 1. The van der Waals surface area contributed by atoms with Crippen LogP contribution in [0.15, 0.2) is 0 Å². The summed E-state index contributed by atoms with van der Waals surface area (Å²) in [5.41, 5.74) is 17.5. The van der Waals surface area contributed by atoms with Crippen LogP contribution in [-0.4, -0.2) is 18.0 Å². The van der Waals surface area contributed by atoms with Gasteiger partial charge in [0.15, 0.2) is 0 Å². The monoisotopic (exact) mass is 313 g/mol. The third-order valence-corrected chi connectivity index (χ3v) is 4.40. The van der Waals surface area contributed by atoms with Gasteiger partial charge in [-0.05, 0) is 19.3 Å². The molecule has 22 heavy (non-hydrogen) atoms. The maximum Gasteiger partial charge on any atom is 0.217 e. The van der Waals surface area contributed by atoms with Crippen molar-refractivity contribution in [2.24, 2.45) is 17.2 Å². The molecule has 4 heteroatoms. The first-order valence-electron chi connectivity index (χ1n) is 9.37. The second-order valence-electron chi connectivity index (χ2n) is 6.66. The third-order valence-electron chi connectivity index (χ3n) is 4.40. The smallest absolute Gasteiger partial charge is 0.217 e. The topological polar surface area (TPSA) is 95.1 Å². The van der Waals surface area contributed by atoms with E-state index in [2.05, 4.69) is 6.92 Å². The van der Waals surface area contributed by atoms with Gasteiger partial charge in [-0.2, -0.15) is 0 Å². The van der Waals surface area contributed by atoms with E-state index in [1.165, 1.54) is 44.9 Å². The third kappa shape index (κ3) is 14.3. The Morgan fingerprint density at radius 2 is 1.14 bits per heavy atom. The number of carbonyl (C=O) groups excluding carboxylic acids is 1. The van der Waals surface area contributed by atoms with Gasteiger partial charge in [0.05, 0.1) is 0 Å². The highest BCUT2D eigenvalue weighted by molar-refractivity contribution is 5.73. The zero-order valence-electron chi connectivity index (χ0n) is 14.7. The summed E-state index contributed by atoms with van der Waals surface area (Å²) < 4.78 is 0. The summed E-state index contributed by atoms with van der Waals surface area (Å²) in [6.45, 7) is 2.24. The molecule has 0 radical (unpaired) electrons. The predicted molar refractivity (Wildman–Crippen MR) is 95.5 cm³/mol. The lowest BCUT2D eigenvalue weighted by Crippen LogP contribution is -2.41. The molecule has 2 unspecified atom stereocenters. The van der Waals surface area contributed by atoms with Crippen LogP contribution in [0.5, 0.6) is 0 Å². The number of amides is 1. The zero-order valence-corrected chi connectivity index (χ0v) is 14.7. The average molecular weight is 314 g/mol. The first-order valence-corrected chi connectivity index (χ1v) is 9.37. The van der Waals surface area contributed by atoms with Gasteiger partial charge in [0.25, 0.3) is 0 Å². The minimum absolute atomic E-state index is 0.140. The van der Waals surface area contributed by atoms with Crippen LogP contribution in [0.3, 0.4) is 0 Å². The fraction of sp³-hybridized carbons (Fsp3) is 0.944. The van der Waals surface area contributed by atoms with Crippen LogP contribution in [0.25, 0.3) is 0 Å². The SMILES string of the molecule is CCCCCCCCC(N)C(N)CCCCCCCC(N)=O. The van der Waals surface area contributed by atoms with E-state index in [9.17, 15) is 4.79 Å². The van der Waals surface area contributed by atoms with Crippen molar-refractivity contribution in [2.75, 3.05) is 0 Å². The molecule has 0 saturated heterocycles. The van der Waals surface area contributed by atoms with Gasteiger partial charge in [0.2, 0.25) is 5.91 Å². The van der Waals surface area contributed by atoms with Crippen LogP contribution >= 0.6 is 0 Å². The molecule has 0 heterocycles. The number of hydrogen-bond acceptors (Lipinski definition) is 3. The van der Waals surface area contributed by atoms with E-state index in [0.717, 1.165) is 38.5 Å². The highest BCUT2D eigenvalue weighted by Gasteiger charge is 2.12. The molecule has 2 atom stereocenters. The van der Waals surface area contributed by atoms with Crippen LogP contribution in [0.2, 0.25) is 0 Å². The molecule has 0 rings (SSSR count). The van der Waals surface area contributed by atoms with Gasteiger partial charge in [0.1, 0.15) is 0 Å². The highest BCUT2D eigenvalue weighted by Crippen LogP contribution is 2.13. The van der Waals surface area contributed by atoms with Crippen LogP contribution in [0, 0.1) is 0 Å². The summed E-state index contributed by atoms with van der Waals surface area (Å²) in [5, 5.41) is 0. The Hall–Kier alpha value is -0.610. The number of primary amides is 1. The van der Waals surface area contributed by atoms with Crippen molar-refractivity contribution < 1.29 is 4.79 Å². The molecule has 6 N–H and O–H groups in total. The van der Waals surface area contributed by atoms with Crippen LogP contribution in [0.4, 0.5) is 0 Å². The summed E-state index contributed by atoms with van der Waals surface area (Å²) in [6.07, 6.45) is 15.9. The molecule has 0 aliphatic rings. The highest BCUT2D eigenvalue weighted by atomic mass is 16.1. The Labute approximate surface area is 137 Å². The van der Waals surface area contributed by atoms with Crippen LogP contribution < -0.4 is 17.2 Å². The Morgan fingerprint density at radius 1 is 0.727 bits per heavy atom. The number of unbranched alkanes of at least 4 members (excludes halogenated alkanes) is 9. The van der Waals surface area contributed by atoms with Gasteiger partial charge in [-0.15, -0.1) is 0 Å². The molecular formula is C18H39N3O. The molecule has 132 valence electrons. The van der Waals surface area contributed by atoms with Crippen molar-refractivity contribution in [1.29, 1.82) is 0 Å². The van der Waals surface area contributed by atoms with E-state index in [1.807, 2.05) is 0 Å².